The number of hydrogen-bond acceptors (Lipinski definition) is 2. The van der Waals surface area contributed by atoms with Crippen LogP contribution in [0.2, 0.25) is 0 Å². The lowest BCUT2D eigenvalue weighted by atomic mass is 10.0. The molecule has 2 nitrogen and oxygen atoms in total. The highest BCUT2D eigenvalue weighted by atomic mass is 32.1. The minimum absolute atomic E-state index is 0.458. The van der Waals surface area contributed by atoms with Crippen LogP contribution in [-0.2, 0) is 6.54 Å². The molecule has 0 spiro atoms. The predicted octanol–water partition coefficient (Wildman–Crippen LogP) is 2.76. The van der Waals surface area contributed by atoms with Gasteiger partial charge >= 0.3 is 0 Å². The van der Waals surface area contributed by atoms with Crippen molar-refractivity contribution in [3.63, 3.8) is 0 Å². The summed E-state index contributed by atoms with van der Waals surface area (Å²) in [5, 5.41) is 0. The van der Waals surface area contributed by atoms with E-state index in [9.17, 15) is 0 Å². The number of nitrogens with zero attached hydrogens (tertiary/aromatic N) is 2. The number of amidine groups is 1. The van der Waals surface area contributed by atoms with Gasteiger partial charge in [-0.15, -0.1) is 0 Å². The Kier molecular flexibility index (Phi) is 1.95. The molecular weight excluding hydrogens is 228 g/mol. The molecule has 1 fully saturated rings. The topological polar surface area (TPSA) is 15.6 Å². The highest BCUT2D eigenvalue weighted by molar-refractivity contribution is 7.80. The smallest absolute Gasteiger partial charge is 0.136 e. The molecular formula is C14H14N2S. The van der Waals surface area contributed by atoms with Crippen LogP contribution in [0.25, 0.3) is 0 Å². The van der Waals surface area contributed by atoms with Gasteiger partial charge in [0.05, 0.1) is 17.6 Å². The highest BCUT2D eigenvalue weighted by Crippen LogP contribution is 2.38. The van der Waals surface area contributed by atoms with E-state index in [0.29, 0.717) is 12.0 Å². The molecule has 1 aliphatic carbocycles. The van der Waals surface area contributed by atoms with Crippen molar-refractivity contribution in [3.05, 3.63) is 35.4 Å². The molecule has 0 radical (unpaired) electrons. The third-order valence-electron chi connectivity index (χ3n) is 4.19. The summed E-state index contributed by atoms with van der Waals surface area (Å²) in [6.45, 7) is 0.928. The molecule has 1 aromatic carbocycles. The van der Waals surface area contributed by atoms with Gasteiger partial charge in [-0.05, 0) is 18.4 Å². The minimum Gasteiger partial charge on any atom is -0.316 e. The average Bonchev–Trinajstić information content (AvgIpc) is 2.94. The number of hydrogen-bond donors (Lipinski definition) is 0. The first-order valence-electron chi connectivity index (χ1n) is 6.32. The van der Waals surface area contributed by atoms with Crippen molar-refractivity contribution in [1.82, 2.24) is 4.90 Å². The summed E-state index contributed by atoms with van der Waals surface area (Å²) in [5.41, 5.74) is 2.66. The molecule has 3 heteroatoms. The van der Waals surface area contributed by atoms with Crippen LogP contribution in [0.3, 0.4) is 0 Å². The number of thiocarbonyl (C=S) groups is 1. The summed E-state index contributed by atoms with van der Waals surface area (Å²) in [5.74, 6) is 1.66. The van der Waals surface area contributed by atoms with Crippen molar-refractivity contribution < 1.29 is 0 Å². The molecule has 86 valence electrons. The monoisotopic (exact) mass is 242 g/mol. The summed E-state index contributed by atoms with van der Waals surface area (Å²) in [4.78, 5) is 8.34. The summed E-state index contributed by atoms with van der Waals surface area (Å²) >= 11 is 5.67. The molecule has 0 amide bonds. The second-order valence-corrected chi connectivity index (χ2v) is 5.56. The fourth-order valence-electron chi connectivity index (χ4n) is 3.33. The maximum atomic E-state index is 5.67. The van der Waals surface area contributed by atoms with Gasteiger partial charge in [-0.1, -0.05) is 42.9 Å². The summed E-state index contributed by atoms with van der Waals surface area (Å²) in [6.07, 6.45) is 3.72. The quantitative estimate of drug-likeness (QED) is 0.650. The van der Waals surface area contributed by atoms with E-state index in [2.05, 4.69) is 29.2 Å². The third-order valence-corrected chi connectivity index (χ3v) is 4.72. The standard InChI is InChI=1S/C14H14N2S/c17-14-11-6-3-7-12(11)15-13-10-5-2-1-4-9(10)8-16(13)14/h1-2,4-5,11-12H,3,6-8H2/t11-,12-/m1/s1. The Morgan fingerprint density at radius 1 is 1.24 bits per heavy atom. The van der Waals surface area contributed by atoms with Crippen LogP contribution in [0, 0.1) is 5.92 Å². The van der Waals surface area contributed by atoms with E-state index in [-0.39, 0.29) is 0 Å². The molecule has 1 saturated carbocycles. The molecule has 0 saturated heterocycles. The lowest BCUT2D eigenvalue weighted by Crippen LogP contribution is -2.42. The van der Waals surface area contributed by atoms with Crippen molar-refractivity contribution in [3.8, 4) is 0 Å². The van der Waals surface area contributed by atoms with Crippen molar-refractivity contribution >= 4 is 23.0 Å². The fourth-order valence-corrected chi connectivity index (χ4v) is 3.75. The molecule has 2 aliphatic heterocycles. The maximum absolute atomic E-state index is 5.67. The van der Waals surface area contributed by atoms with Gasteiger partial charge in [-0.2, -0.15) is 0 Å². The molecule has 0 N–H and O–H groups in total. The lowest BCUT2D eigenvalue weighted by Gasteiger charge is -2.32. The normalized spacial score (nSPS) is 29.8. The SMILES string of the molecule is S=C1[C@@H]2CCC[C@H]2N=C2c3ccccc3CN12. The van der Waals surface area contributed by atoms with E-state index >= 15 is 0 Å². The lowest BCUT2D eigenvalue weighted by molar-refractivity contribution is 0.502. The third kappa shape index (κ3) is 1.26. The van der Waals surface area contributed by atoms with Gasteiger partial charge < -0.3 is 4.90 Å². The van der Waals surface area contributed by atoms with E-state index in [1.807, 2.05) is 0 Å². The van der Waals surface area contributed by atoms with Gasteiger partial charge in [0.15, 0.2) is 0 Å². The van der Waals surface area contributed by atoms with E-state index in [1.165, 1.54) is 30.4 Å². The first-order chi connectivity index (χ1) is 8.34. The maximum Gasteiger partial charge on any atom is 0.136 e. The molecule has 4 rings (SSSR count). The Hall–Kier alpha value is -1.22. The molecule has 0 bridgehead atoms. The van der Waals surface area contributed by atoms with Gasteiger partial charge in [0, 0.05) is 11.5 Å². The van der Waals surface area contributed by atoms with Crippen LogP contribution in [0.4, 0.5) is 0 Å². The number of aliphatic imine (C=N–C) groups is 1. The van der Waals surface area contributed by atoms with E-state index in [0.717, 1.165) is 17.4 Å². The Morgan fingerprint density at radius 3 is 3.06 bits per heavy atom. The van der Waals surface area contributed by atoms with Crippen LogP contribution in [0.5, 0.6) is 0 Å². The zero-order valence-corrected chi connectivity index (χ0v) is 10.4. The zero-order valence-electron chi connectivity index (χ0n) is 9.60. The minimum atomic E-state index is 0.458. The molecule has 2 heterocycles. The van der Waals surface area contributed by atoms with Crippen LogP contribution < -0.4 is 0 Å². The summed E-state index contributed by atoms with van der Waals surface area (Å²) in [6, 6.07) is 9.01. The first kappa shape index (κ1) is 9.77. The molecule has 3 aliphatic rings. The van der Waals surface area contributed by atoms with E-state index in [1.54, 1.807) is 0 Å². The molecule has 1 aromatic rings. The van der Waals surface area contributed by atoms with Crippen molar-refractivity contribution in [2.45, 2.75) is 31.8 Å². The van der Waals surface area contributed by atoms with Gasteiger partial charge in [-0.3, -0.25) is 4.99 Å². The first-order valence-corrected chi connectivity index (χ1v) is 6.73. The molecule has 0 aromatic heterocycles. The van der Waals surface area contributed by atoms with Crippen LogP contribution in [0.15, 0.2) is 29.3 Å². The van der Waals surface area contributed by atoms with Crippen LogP contribution >= 0.6 is 12.2 Å². The van der Waals surface area contributed by atoms with E-state index in [4.69, 9.17) is 17.2 Å². The highest BCUT2D eigenvalue weighted by Gasteiger charge is 2.41. The Bertz CT molecular complexity index is 535. The Morgan fingerprint density at radius 2 is 2.12 bits per heavy atom. The Balaban J connectivity index is 1.86. The Labute approximate surface area is 106 Å². The predicted molar refractivity (Wildman–Crippen MR) is 72.2 cm³/mol. The number of fused-ring (bicyclic) bond motifs is 4. The zero-order chi connectivity index (χ0) is 11.4. The van der Waals surface area contributed by atoms with E-state index < -0.39 is 0 Å². The van der Waals surface area contributed by atoms with Crippen molar-refractivity contribution in [2.24, 2.45) is 10.9 Å². The molecule has 17 heavy (non-hydrogen) atoms. The van der Waals surface area contributed by atoms with Gasteiger partial charge in [0.1, 0.15) is 5.84 Å². The second kappa shape index (κ2) is 3.39. The summed E-state index contributed by atoms with van der Waals surface area (Å²) in [7, 11) is 0. The summed E-state index contributed by atoms with van der Waals surface area (Å²) < 4.78 is 0. The number of benzene rings is 1. The fraction of sp³-hybridized carbons (Fsp3) is 0.429. The molecule has 2 atom stereocenters. The number of rotatable bonds is 0. The largest absolute Gasteiger partial charge is 0.316 e. The second-order valence-electron chi connectivity index (χ2n) is 5.14. The van der Waals surface area contributed by atoms with Crippen molar-refractivity contribution in [1.29, 1.82) is 0 Å². The molecule has 0 unspecified atom stereocenters. The van der Waals surface area contributed by atoms with Crippen LogP contribution in [0.1, 0.15) is 30.4 Å². The average molecular weight is 242 g/mol. The van der Waals surface area contributed by atoms with Crippen molar-refractivity contribution in [2.75, 3.05) is 0 Å². The van der Waals surface area contributed by atoms with Gasteiger partial charge in [-0.25, -0.2) is 0 Å². The van der Waals surface area contributed by atoms with Gasteiger partial charge in [0.25, 0.3) is 0 Å². The van der Waals surface area contributed by atoms with Crippen LogP contribution in [-0.4, -0.2) is 21.8 Å². The van der Waals surface area contributed by atoms with Gasteiger partial charge in [0.2, 0.25) is 0 Å².